The molecule has 0 N–H and O–H groups in total. The van der Waals surface area contributed by atoms with Crippen molar-refractivity contribution in [2.24, 2.45) is 13.0 Å². The van der Waals surface area contributed by atoms with Crippen LogP contribution in [0, 0.1) is 12.8 Å². The molecule has 0 bridgehead atoms. The predicted octanol–water partition coefficient (Wildman–Crippen LogP) is 1.25. The van der Waals surface area contributed by atoms with Gasteiger partial charge < -0.3 is 4.57 Å². The Morgan fingerprint density at radius 2 is 2.04 bits per heavy atom. The zero-order chi connectivity index (χ0) is 18.9. The summed E-state index contributed by atoms with van der Waals surface area (Å²) < 4.78 is 29.6. The zero-order valence-electron chi connectivity index (χ0n) is 15.8. The van der Waals surface area contributed by atoms with Crippen molar-refractivity contribution >= 4 is 10.2 Å². The molecule has 0 amide bonds. The van der Waals surface area contributed by atoms with E-state index in [1.54, 1.807) is 37.0 Å². The quantitative estimate of drug-likeness (QED) is 0.782. The van der Waals surface area contributed by atoms with Crippen LogP contribution in [0.2, 0.25) is 0 Å². The van der Waals surface area contributed by atoms with E-state index in [-0.39, 0.29) is 5.92 Å². The number of piperidine rings is 1. The van der Waals surface area contributed by atoms with E-state index >= 15 is 0 Å². The molecule has 142 valence electrons. The van der Waals surface area contributed by atoms with E-state index in [1.807, 2.05) is 18.5 Å². The SMILES string of the molecule is Cc1ncc(-c2cncc(C[C@H]3CCCN(S(=O)(=O)N(C)C)C3)n2)n1C. The molecular weight excluding hydrogens is 352 g/mol. The largest absolute Gasteiger partial charge is 0.330 e. The van der Waals surface area contributed by atoms with Gasteiger partial charge >= 0.3 is 0 Å². The Balaban J connectivity index is 1.75. The van der Waals surface area contributed by atoms with Gasteiger partial charge in [-0.1, -0.05) is 0 Å². The van der Waals surface area contributed by atoms with Crippen molar-refractivity contribution in [3.8, 4) is 11.4 Å². The average Bonchev–Trinajstić information content (AvgIpc) is 2.94. The van der Waals surface area contributed by atoms with Gasteiger partial charge in [0.1, 0.15) is 11.5 Å². The highest BCUT2D eigenvalue weighted by Gasteiger charge is 2.30. The summed E-state index contributed by atoms with van der Waals surface area (Å²) in [6, 6.07) is 0. The minimum atomic E-state index is -3.36. The zero-order valence-corrected chi connectivity index (χ0v) is 16.6. The van der Waals surface area contributed by atoms with E-state index < -0.39 is 10.2 Å². The Hall–Kier alpha value is -1.84. The van der Waals surface area contributed by atoms with E-state index in [1.165, 1.54) is 4.31 Å². The standard InChI is InChI=1S/C17H26N6O2S/c1-13-19-11-17(22(13)4)16-10-18-9-15(20-16)8-14-6-5-7-23(12-14)26(24,25)21(2)3/h9-11,14H,5-8,12H2,1-4H3/t14-/m1/s1. The summed E-state index contributed by atoms with van der Waals surface area (Å²) in [5, 5.41) is 0. The number of rotatable bonds is 5. The molecule has 0 aromatic carbocycles. The van der Waals surface area contributed by atoms with Crippen molar-refractivity contribution in [2.75, 3.05) is 27.2 Å². The van der Waals surface area contributed by atoms with Gasteiger partial charge in [-0.05, 0) is 32.1 Å². The Labute approximate surface area is 155 Å². The lowest BCUT2D eigenvalue weighted by Crippen LogP contribution is -2.45. The third-order valence-electron chi connectivity index (χ3n) is 4.93. The van der Waals surface area contributed by atoms with Gasteiger partial charge in [0.15, 0.2) is 0 Å². The number of aromatic nitrogens is 4. The average molecular weight is 379 g/mol. The topological polar surface area (TPSA) is 84.2 Å². The molecule has 1 fully saturated rings. The number of aryl methyl sites for hydroxylation is 1. The van der Waals surface area contributed by atoms with E-state index in [0.717, 1.165) is 42.2 Å². The lowest BCUT2D eigenvalue weighted by Gasteiger charge is -2.33. The molecule has 3 heterocycles. The van der Waals surface area contributed by atoms with Gasteiger partial charge in [-0.25, -0.2) is 9.97 Å². The minimum absolute atomic E-state index is 0.247. The summed E-state index contributed by atoms with van der Waals surface area (Å²) in [5.74, 6) is 1.17. The molecule has 0 saturated carbocycles. The molecule has 2 aromatic heterocycles. The molecule has 9 heteroatoms. The highest BCUT2D eigenvalue weighted by Crippen LogP contribution is 2.24. The van der Waals surface area contributed by atoms with Crippen LogP contribution in [0.15, 0.2) is 18.6 Å². The van der Waals surface area contributed by atoms with Crippen molar-refractivity contribution in [1.29, 1.82) is 0 Å². The number of imidazole rings is 1. The van der Waals surface area contributed by atoms with E-state index in [2.05, 4.69) is 9.97 Å². The molecular formula is C17H26N6O2S. The molecule has 0 radical (unpaired) electrons. The number of hydrogen-bond acceptors (Lipinski definition) is 5. The summed E-state index contributed by atoms with van der Waals surface area (Å²) in [6.07, 6.45) is 7.89. The van der Waals surface area contributed by atoms with Crippen LogP contribution in [0.5, 0.6) is 0 Å². The van der Waals surface area contributed by atoms with E-state index in [0.29, 0.717) is 13.1 Å². The summed E-state index contributed by atoms with van der Waals surface area (Å²) in [7, 11) is 1.74. The van der Waals surface area contributed by atoms with Crippen molar-refractivity contribution < 1.29 is 8.42 Å². The molecule has 1 atom stereocenters. The van der Waals surface area contributed by atoms with Crippen LogP contribution in [0.4, 0.5) is 0 Å². The molecule has 1 aliphatic rings. The summed E-state index contributed by atoms with van der Waals surface area (Å²) in [6.45, 7) is 3.05. The molecule has 1 saturated heterocycles. The summed E-state index contributed by atoms with van der Waals surface area (Å²) >= 11 is 0. The van der Waals surface area contributed by atoms with Crippen LogP contribution in [0.3, 0.4) is 0 Å². The first kappa shape index (κ1) is 18.9. The fraction of sp³-hybridized carbons (Fsp3) is 0.588. The molecule has 8 nitrogen and oxygen atoms in total. The van der Waals surface area contributed by atoms with Crippen molar-refractivity contribution in [2.45, 2.75) is 26.2 Å². The highest BCUT2D eigenvalue weighted by molar-refractivity contribution is 7.86. The Kier molecular flexibility index (Phi) is 5.40. The molecule has 3 rings (SSSR count). The second-order valence-electron chi connectivity index (χ2n) is 7.01. The van der Waals surface area contributed by atoms with Crippen molar-refractivity contribution in [1.82, 2.24) is 28.1 Å². The molecule has 0 spiro atoms. The van der Waals surface area contributed by atoms with Gasteiger partial charge in [0.05, 0.1) is 23.8 Å². The second kappa shape index (κ2) is 7.42. The maximum atomic E-state index is 12.4. The van der Waals surface area contributed by atoms with E-state index in [4.69, 9.17) is 4.98 Å². The number of nitrogens with zero attached hydrogens (tertiary/aromatic N) is 6. The first-order valence-corrected chi connectivity index (χ1v) is 10.2. The fourth-order valence-electron chi connectivity index (χ4n) is 3.30. The first-order valence-electron chi connectivity index (χ1n) is 8.76. The van der Waals surface area contributed by atoms with Gasteiger partial charge in [0.2, 0.25) is 0 Å². The summed E-state index contributed by atoms with van der Waals surface area (Å²) in [5.41, 5.74) is 2.60. The van der Waals surface area contributed by atoms with Gasteiger partial charge in [-0.3, -0.25) is 4.98 Å². The monoisotopic (exact) mass is 378 g/mol. The van der Waals surface area contributed by atoms with Crippen molar-refractivity contribution in [3.05, 3.63) is 30.1 Å². The van der Waals surface area contributed by atoms with Crippen LogP contribution in [0.25, 0.3) is 11.4 Å². The van der Waals surface area contributed by atoms with Gasteiger partial charge in [0, 0.05) is 40.4 Å². The first-order chi connectivity index (χ1) is 12.3. The fourth-order valence-corrected chi connectivity index (χ4v) is 4.52. The Morgan fingerprint density at radius 1 is 1.27 bits per heavy atom. The maximum Gasteiger partial charge on any atom is 0.281 e. The summed E-state index contributed by atoms with van der Waals surface area (Å²) in [4.78, 5) is 13.4. The van der Waals surface area contributed by atoms with Crippen molar-refractivity contribution in [3.63, 3.8) is 0 Å². The third kappa shape index (κ3) is 3.79. The molecule has 0 unspecified atom stereocenters. The predicted molar refractivity (Wildman–Crippen MR) is 99.6 cm³/mol. The van der Waals surface area contributed by atoms with Crippen LogP contribution < -0.4 is 0 Å². The Morgan fingerprint density at radius 3 is 2.69 bits per heavy atom. The van der Waals surface area contributed by atoms with Crippen LogP contribution in [0.1, 0.15) is 24.4 Å². The lowest BCUT2D eigenvalue weighted by molar-refractivity contribution is 0.253. The van der Waals surface area contributed by atoms with Crippen LogP contribution in [-0.2, 0) is 23.7 Å². The Bertz CT molecular complexity index is 877. The van der Waals surface area contributed by atoms with Crippen LogP contribution in [-0.4, -0.2) is 63.7 Å². The molecule has 1 aliphatic heterocycles. The third-order valence-corrected chi connectivity index (χ3v) is 6.84. The highest BCUT2D eigenvalue weighted by atomic mass is 32.2. The number of hydrogen-bond donors (Lipinski definition) is 0. The minimum Gasteiger partial charge on any atom is -0.330 e. The van der Waals surface area contributed by atoms with E-state index in [9.17, 15) is 8.42 Å². The smallest absolute Gasteiger partial charge is 0.281 e. The van der Waals surface area contributed by atoms with Crippen LogP contribution >= 0.6 is 0 Å². The normalized spacial score (nSPS) is 19.2. The van der Waals surface area contributed by atoms with Gasteiger partial charge in [-0.15, -0.1) is 0 Å². The molecule has 26 heavy (non-hydrogen) atoms. The van der Waals surface area contributed by atoms with Gasteiger partial charge in [-0.2, -0.15) is 17.0 Å². The maximum absolute atomic E-state index is 12.4. The molecule has 2 aromatic rings. The van der Waals surface area contributed by atoms with Gasteiger partial charge in [0.25, 0.3) is 10.2 Å². The lowest BCUT2D eigenvalue weighted by atomic mass is 9.95. The second-order valence-corrected chi connectivity index (χ2v) is 9.15. The molecule has 0 aliphatic carbocycles.